The van der Waals surface area contributed by atoms with Gasteiger partial charge in [-0.3, -0.25) is 0 Å². The second kappa shape index (κ2) is 5.59. The van der Waals surface area contributed by atoms with Crippen LogP contribution < -0.4 is 5.73 Å². The fraction of sp³-hybridized carbons (Fsp3) is 0.357. The maximum atomic E-state index is 5.80. The lowest BCUT2D eigenvalue weighted by Gasteiger charge is -2.08. The van der Waals surface area contributed by atoms with Crippen molar-refractivity contribution in [2.45, 2.75) is 43.2 Å². The Morgan fingerprint density at radius 1 is 1.44 bits per heavy atom. The molecule has 0 saturated heterocycles. The Labute approximate surface area is 112 Å². The van der Waals surface area contributed by atoms with Crippen molar-refractivity contribution in [3.05, 3.63) is 41.5 Å². The Balaban J connectivity index is 2.17. The summed E-state index contributed by atoms with van der Waals surface area (Å²) in [6.07, 6.45) is 4.48. The number of aryl methyl sites for hydroxylation is 2. The second-order valence-corrected chi connectivity index (χ2v) is 5.62. The molecular formula is C14H18N2OS. The number of hydrogen-bond acceptors (Lipinski definition) is 4. The number of nitrogens with two attached hydrogens (primary N) is 1. The molecule has 2 aromatic heterocycles. The minimum absolute atomic E-state index is 0.167. The average molecular weight is 262 g/mol. The molecule has 4 heteroatoms. The van der Waals surface area contributed by atoms with Crippen molar-refractivity contribution in [3.8, 4) is 0 Å². The number of aromatic nitrogens is 1. The zero-order valence-electron chi connectivity index (χ0n) is 10.9. The lowest BCUT2D eigenvalue weighted by atomic mass is 10.1. The molecule has 0 fully saturated rings. The summed E-state index contributed by atoms with van der Waals surface area (Å²) in [5.74, 6) is 0.931. The van der Waals surface area contributed by atoms with Crippen LogP contribution in [0.5, 0.6) is 0 Å². The summed E-state index contributed by atoms with van der Waals surface area (Å²) in [4.78, 5) is 5.63. The maximum absolute atomic E-state index is 5.80. The molecule has 1 atom stereocenters. The van der Waals surface area contributed by atoms with Gasteiger partial charge in [-0.05, 0) is 44.4 Å². The molecule has 0 aliphatic carbocycles. The number of rotatable bonds is 4. The fourth-order valence-electron chi connectivity index (χ4n) is 1.79. The quantitative estimate of drug-likeness (QED) is 0.918. The first kappa shape index (κ1) is 13.2. The minimum Gasteiger partial charge on any atom is -0.468 e. The highest BCUT2D eigenvalue weighted by Gasteiger charge is 2.08. The van der Waals surface area contributed by atoms with Gasteiger partial charge in [-0.15, -0.1) is 0 Å². The number of pyridine rings is 1. The maximum Gasteiger partial charge on any atom is 0.114 e. The van der Waals surface area contributed by atoms with E-state index in [4.69, 9.17) is 10.2 Å². The minimum atomic E-state index is 0.167. The van der Waals surface area contributed by atoms with Gasteiger partial charge in [0.2, 0.25) is 0 Å². The molecule has 96 valence electrons. The predicted octanol–water partition coefficient (Wildman–Crippen LogP) is 3.33. The molecule has 0 radical (unpaired) electrons. The van der Waals surface area contributed by atoms with Crippen LogP contribution in [0.1, 0.15) is 23.8 Å². The van der Waals surface area contributed by atoms with Crippen molar-refractivity contribution >= 4 is 11.8 Å². The smallest absolute Gasteiger partial charge is 0.114 e. The van der Waals surface area contributed by atoms with E-state index in [0.717, 1.165) is 22.1 Å². The molecule has 0 bridgehead atoms. The third-order valence-electron chi connectivity index (χ3n) is 2.66. The van der Waals surface area contributed by atoms with Crippen LogP contribution in [0.15, 0.2) is 38.9 Å². The van der Waals surface area contributed by atoms with Crippen LogP contribution in [-0.2, 0) is 6.42 Å². The van der Waals surface area contributed by atoms with Crippen molar-refractivity contribution < 1.29 is 4.42 Å². The Bertz CT molecular complexity index is 534. The number of furan rings is 1. The lowest BCUT2D eigenvalue weighted by Crippen LogP contribution is -2.17. The molecule has 1 unspecified atom stereocenters. The van der Waals surface area contributed by atoms with Gasteiger partial charge in [0.1, 0.15) is 10.8 Å². The highest BCUT2D eigenvalue weighted by atomic mass is 32.2. The molecule has 2 N–H and O–H groups in total. The monoisotopic (exact) mass is 262 g/mol. The van der Waals surface area contributed by atoms with Crippen LogP contribution in [0.4, 0.5) is 0 Å². The van der Waals surface area contributed by atoms with Crippen molar-refractivity contribution in [1.29, 1.82) is 0 Å². The van der Waals surface area contributed by atoms with Crippen LogP contribution in [-0.4, -0.2) is 11.0 Å². The molecule has 3 nitrogen and oxygen atoms in total. The summed E-state index contributed by atoms with van der Waals surface area (Å²) in [5.41, 5.74) is 8.17. The molecule has 0 amide bonds. The molecule has 0 aliphatic heterocycles. The fourth-order valence-corrected chi connectivity index (χ4v) is 2.64. The molecule has 2 rings (SSSR count). The molecular weight excluding hydrogens is 244 g/mol. The summed E-state index contributed by atoms with van der Waals surface area (Å²) < 4.78 is 5.29. The van der Waals surface area contributed by atoms with Crippen LogP contribution >= 0.6 is 11.8 Å². The van der Waals surface area contributed by atoms with E-state index in [2.05, 4.69) is 18.0 Å². The first-order valence-electron chi connectivity index (χ1n) is 5.99. The highest BCUT2D eigenvalue weighted by molar-refractivity contribution is 7.99. The first-order valence-corrected chi connectivity index (χ1v) is 6.81. The SMILES string of the molecule is Cc1cc(CC(C)N)cnc1Sc1ccoc1C. The average Bonchev–Trinajstić information content (AvgIpc) is 2.67. The molecule has 0 aliphatic rings. The Morgan fingerprint density at radius 2 is 2.22 bits per heavy atom. The zero-order chi connectivity index (χ0) is 13.1. The molecule has 18 heavy (non-hydrogen) atoms. The second-order valence-electron chi connectivity index (χ2n) is 4.59. The van der Waals surface area contributed by atoms with E-state index in [1.54, 1.807) is 18.0 Å². The Morgan fingerprint density at radius 3 is 2.78 bits per heavy atom. The van der Waals surface area contributed by atoms with E-state index in [1.165, 1.54) is 11.1 Å². The molecule has 0 spiro atoms. The summed E-state index contributed by atoms with van der Waals surface area (Å²) in [6, 6.07) is 4.30. The summed E-state index contributed by atoms with van der Waals surface area (Å²) in [6.45, 7) is 6.05. The third kappa shape index (κ3) is 3.15. The van der Waals surface area contributed by atoms with Gasteiger partial charge >= 0.3 is 0 Å². The summed E-state index contributed by atoms with van der Waals surface area (Å²) in [5, 5.41) is 1.02. The third-order valence-corrected chi connectivity index (χ3v) is 3.93. The standard InChI is InChI=1S/C14H18N2OS/c1-9-6-12(7-10(2)15)8-16-14(9)18-13-4-5-17-11(13)3/h4-6,8,10H,7,15H2,1-3H3. The van der Waals surface area contributed by atoms with E-state index in [1.807, 2.05) is 26.1 Å². The van der Waals surface area contributed by atoms with Gasteiger partial charge in [0.05, 0.1) is 11.2 Å². The first-order chi connectivity index (χ1) is 8.56. The van der Waals surface area contributed by atoms with E-state index in [0.29, 0.717) is 0 Å². The van der Waals surface area contributed by atoms with Crippen LogP contribution in [0, 0.1) is 13.8 Å². The molecule has 2 heterocycles. The van der Waals surface area contributed by atoms with Gasteiger partial charge in [-0.1, -0.05) is 17.8 Å². The largest absolute Gasteiger partial charge is 0.468 e. The van der Waals surface area contributed by atoms with Crippen molar-refractivity contribution in [2.75, 3.05) is 0 Å². The number of nitrogens with zero attached hydrogens (tertiary/aromatic N) is 1. The van der Waals surface area contributed by atoms with E-state index >= 15 is 0 Å². The zero-order valence-corrected chi connectivity index (χ0v) is 11.8. The van der Waals surface area contributed by atoms with Gasteiger partial charge < -0.3 is 10.2 Å². The van der Waals surface area contributed by atoms with Crippen LogP contribution in [0.2, 0.25) is 0 Å². The molecule has 2 aromatic rings. The summed E-state index contributed by atoms with van der Waals surface area (Å²) >= 11 is 1.64. The Kier molecular flexibility index (Phi) is 4.09. The van der Waals surface area contributed by atoms with E-state index in [-0.39, 0.29) is 6.04 Å². The van der Waals surface area contributed by atoms with Gasteiger partial charge in [0, 0.05) is 12.2 Å². The van der Waals surface area contributed by atoms with Crippen LogP contribution in [0.3, 0.4) is 0 Å². The lowest BCUT2D eigenvalue weighted by molar-refractivity contribution is 0.527. The van der Waals surface area contributed by atoms with Crippen molar-refractivity contribution in [1.82, 2.24) is 4.98 Å². The van der Waals surface area contributed by atoms with Gasteiger partial charge in [-0.25, -0.2) is 4.98 Å². The highest BCUT2D eigenvalue weighted by Crippen LogP contribution is 2.31. The Hall–Kier alpha value is -1.26. The van der Waals surface area contributed by atoms with E-state index < -0.39 is 0 Å². The number of hydrogen-bond donors (Lipinski definition) is 1. The van der Waals surface area contributed by atoms with E-state index in [9.17, 15) is 0 Å². The predicted molar refractivity (Wildman–Crippen MR) is 73.9 cm³/mol. The van der Waals surface area contributed by atoms with Crippen molar-refractivity contribution in [3.63, 3.8) is 0 Å². The normalized spacial score (nSPS) is 12.7. The van der Waals surface area contributed by atoms with Gasteiger partial charge in [0.15, 0.2) is 0 Å². The molecule has 0 aromatic carbocycles. The van der Waals surface area contributed by atoms with Crippen LogP contribution in [0.25, 0.3) is 0 Å². The topological polar surface area (TPSA) is 52.0 Å². The van der Waals surface area contributed by atoms with Crippen molar-refractivity contribution in [2.24, 2.45) is 5.73 Å². The van der Waals surface area contributed by atoms with Gasteiger partial charge in [0.25, 0.3) is 0 Å². The van der Waals surface area contributed by atoms with Gasteiger partial charge in [-0.2, -0.15) is 0 Å². The molecule has 0 saturated carbocycles. The summed E-state index contributed by atoms with van der Waals surface area (Å²) in [7, 11) is 0.